The van der Waals surface area contributed by atoms with E-state index in [1.54, 1.807) is 18.6 Å². The third-order valence-corrected chi connectivity index (χ3v) is 3.57. The molecule has 0 aliphatic heterocycles. The van der Waals surface area contributed by atoms with Crippen LogP contribution in [-0.2, 0) is 6.54 Å². The molecule has 1 saturated carbocycles. The van der Waals surface area contributed by atoms with Gasteiger partial charge < -0.3 is 5.32 Å². The Kier molecular flexibility index (Phi) is 3.73. The van der Waals surface area contributed by atoms with E-state index in [4.69, 9.17) is 0 Å². The van der Waals surface area contributed by atoms with Crippen LogP contribution in [0.3, 0.4) is 0 Å². The molecule has 1 aliphatic rings. The highest BCUT2D eigenvalue weighted by atomic mass is 79.9. The van der Waals surface area contributed by atoms with Gasteiger partial charge in [-0.05, 0) is 40.9 Å². The van der Waals surface area contributed by atoms with Crippen molar-refractivity contribution in [2.45, 2.75) is 25.3 Å². The Labute approximate surface area is 125 Å². The lowest BCUT2D eigenvalue weighted by Gasteiger charge is -2.06. The largest absolute Gasteiger partial charge is 0.346 e. The van der Waals surface area contributed by atoms with Gasteiger partial charge in [-0.1, -0.05) is 0 Å². The van der Waals surface area contributed by atoms with Gasteiger partial charge in [0.25, 0.3) is 5.91 Å². The van der Waals surface area contributed by atoms with Crippen LogP contribution in [0, 0.1) is 0 Å². The van der Waals surface area contributed by atoms with Crippen LogP contribution in [0.15, 0.2) is 35.3 Å². The molecule has 1 N–H and O–H groups in total. The molecule has 1 aliphatic carbocycles. The number of nitrogens with one attached hydrogen (secondary N) is 1. The van der Waals surface area contributed by atoms with Gasteiger partial charge in [0.05, 0.1) is 17.8 Å². The summed E-state index contributed by atoms with van der Waals surface area (Å²) in [6, 6.07) is 3.70. The Morgan fingerprint density at radius 2 is 2.15 bits per heavy atom. The topological polar surface area (TPSA) is 67.8 Å². The molecule has 2 aromatic heterocycles. The number of halogens is 1. The summed E-state index contributed by atoms with van der Waals surface area (Å²) >= 11 is 3.30. The highest BCUT2D eigenvalue weighted by Crippen LogP contribution is 2.38. The van der Waals surface area contributed by atoms with Crippen molar-refractivity contribution in [3.05, 3.63) is 52.3 Å². The standard InChI is InChI=1S/C14H13BrN4O/c15-11-3-10(5-16-6-11)14(20)17-7-12-4-13(9-1-2-9)19-8-18-12/h3-6,8-9H,1-2,7H2,(H,17,20). The van der Waals surface area contributed by atoms with Gasteiger partial charge in [-0.15, -0.1) is 0 Å². The van der Waals surface area contributed by atoms with E-state index >= 15 is 0 Å². The van der Waals surface area contributed by atoms with Crippen molar-refractivity contribution in [1.29, 1.82) is 0 Å². The van der Waals surface area contributed by atoms with Crippen LogP contribution >= 0.6 is 15.9 Å². The molecular formula is C14H13BrN4O. The first-order valence-electron chi connectivity index (χ1n) is 6.42. The third kappa shape index (κ3) is 3.19. The highest BCUT2D eigenvalue weighted by Gasteiger charge is 2.25. The van der Waals surface area contributed by atoms with E-state index in [1.165, 1.54) is 19.0 Å². The minimum Gasteiger partial charge on any atom is -0.346 e. The summed E-state index contributed by atoms with van der Waals surface area (Å²) in [6.45, 7) is 0.396. The molecule has 5 nitrogen and oxygen atoms in total. The lowest BCUT2D eigenvalue weighted by molar-refractivity contribution is 0.0950. The second-order valence-corrected chi connectivity index (χ2v) is 5.70. The van der Waals surface area contributed by atoms with Crippen molar-refractivity contribution in [3.8, 4) is 0 Å². The Morgan fingerprint density at radius 1 is 1.30 bits per heavy atom. The maximum atomic E-state index is 12.0. The Hall–Kier alpha value is -1.82. The molecule has 0 radical (unpaired) electrons. The monoisotopic (exact) mass is 332 g/mol. The van der Waals surface area contributed by atoms with Crippen molar-refractivity contribution in [2.24, 2.45) is 0 Å². The normalized spacial score (nSPS) is 14.1. The fraction of sp³-hybridized carbons (Fsp3) is 0.286. The van der Waals surface area contributed by atoms with E-state index in [1.807, 2.05) is 6.07 Å². The first kappa shape index (κ1) is 13.2. The number of aromatic nitrogens is 3. The zero-order chi connectivity index (χ0) is 13.9. The molecule has 102 valence electrons. The molecule has 0 unspecified atom stereocenters. The molecule has 3 rings (SSSR count). The molecule has 0 saturated heterocycles. The van der Waals surface area contributed by atoms with E-state index < -0.39 is 0 Å². The smallest absolute Gasteiger partial charge is 0.253 e. The molecule has 2 aromatic rings. The second kappa shape index (κ2) is 5.66. The molecule has 0 aromatic carbocycles. The van der Waals surface area contributed by atoms with E-state index in [0.717, 1.165) is 15.9 Å². The van der Waals surface area contributed by atoms with Crippen LogP contribution in [-0.4, -0.2) is 20.9 Å². The molecule has 20 heavy (non-hydrogen) atoms. The molecule has 6 heteroatoms. The summed E-state index contributed by atoms with van der Waals surface area (Å²) in [7, 11) is 0. The number of amides is 1. The van der Waals surface area contributed by atoms with Crippen LogP contribution in [0.2, 0.25) is 0 Å². The highest BCUT2D eigenvalue weighted by molar-refractivity contribution is 9.10. The SMILES string of the molecule is O=C(NCc1cc(C2CC2)ncn1)c1cncc(Br)c1. The molecule has 1 amide bonds. The van der Waals surface area contributed by atoms with Gasteiger partial charge in [-0.25, -0.2) is 9.97 Å². The van der Waals surface area contributed by atoms with Crippen molar-refractivity contribution in [3.63, 3.8) is 0 Å². The Morgan fingerprint density at radius 3 is 2.90 bits per heavy atom. The van der Waals surface area contributed by atoms with Crippen LogP contribution in [0.25, 0.3) is 0 Å². The van der Waals surface area contributed by atoms with Gasteiger partial charge in [0.1, 0.15) is 6.33 Å². The Bertz CT molecular complexity index is 643. The van der Waals surface area contributed by atoms with Crippen LogP contribution in [0.1, 0.15) is 40.5 Å². The zero-order valence-electron chi connectivity index (χ0n) is 10.7. The average Bonchev–Trinajstić information content (AvgIpc) is 3.30. The van der Waals surface area contributed by atoms with Crippen molar-refractivity contribution >= 4 is 21.8 Å². The van der Waals surface area contributed by atoms with Gasteiger partial charge in [0, 0.05) is 28.5 Å². The molecule has 1 fully saturated rings. The van der Waals surface area contributed by atoms with Gasteiger partial charge in [-0.2, -0.15) is 0 Å². The van der Waals surface area contributed by atoms with Gasteiger partial charge >= 0.3 is 0 Å². The maximum absolute atomic E-state index is 12.0. The maximum Gasteiger partial charge on any atom is 0.253 e. The van der Waals surface area contributed by atoms with E-state index in [-0.39, 0.29) is 5.91 Å². The van der Waals surface area contributed by atoms with Crippen molar-refractivity contribution in [1.82, 2.24) is 20.3 Å². The van der Waals surface area contributed by atoms with E-state index in [0.29, 0.717) is 18.0 Å². The number of hydrogen-bond acceptors (Lipinski definition) is 4. The fourth-order valence-electron chi connectivity index (χ4n) is 1.92. The molecule has 2 heterocycles. The van der Waals surface area contributed by atoms with Crippen molar-refractivity contribution in [2.75, 3.05) is 0 Å². The average molecular weight is 333 g/mol. The summed E-state index contributed by atoms with van der Waals surface area (Å²) < 4.78 is 0.781. The second-order valence-electron chi connectivity index (χ2n) is 4.78. The summed E-state index contributed by atoms with van der Waals surface area (Å²) in [5.41, 5.74) is 2.43. The van der Waals surface area contributed by atoms with Crippen molar-refractivity contribution < 1.29 is 4.79 Å². The van der Waals surface area contributed by atoms with Gasteiger partial charge in [-0.3, -0.25) is 9.78 Å². The minimum absolute atomic E-state index is 0.162. The number of nitrogens with zero attached hydrogens (tertiary/aromatic N) is 3. The first-order chi connectivity index (χ1) is 9.72. The molecular weight excluding hydrogens is 320 g/mol. The number of pyridine rings is 1. The van der Waals surface area contributed by atoms with Gasteiger partial charge in [0.2, 0.25) is 0 Å². The molecule has 0 spiro atoms. The van der Waals surface area contributed by atoms with Crippen LogP contribution in [0.5, 0.6) is 0 Å². The number of rotatable bonds is 4. The zero-order valence-corrected chi connectivity index (χ0v) is 12.3. The van der Waals surface area contributed by atoms with E-state index in [9.17, 15) is 4.79 Å². The lowest BCUT2D eigenvalue weighted by atomic mass is 10.2. The summed E-state index contributed by atoms with van der Waals surface area (Å²) in [6.07, 6.45) is 7.15. The van der Waals surface area contributed by atoms with E-state index in [2.05, 4.69) is 36.2 Å². The predicted molar refractivity (Wildman–Crippen MR) is 77.1 cm³/mol. The number of hydrogen-bond donors (Lipinski definition) is 1. The van der Waals surface area contributed by atoms with Crippen LogP contribution < -0.4 is 5.32 Å². The third-order valence-electron chi connectivity index (χ3n) is 3.14. The lowest BCUT2D eigenvalue weighted by Crippen LogP contribution is -2.23. The first-order valence-corrected chi connectivity index (χ1v) is 7.21. The minimum atomic E-state index is -0.162. The molecule has 0 bridgehead atoms. The number of carbonyl (C=O) groups excluding carboxylic acids is 1. The predicted octanol–water partition coefficient (Wildman–Crippen LogP) is 2.44. The van der Waals surface area contributed by atoms with Crippen LogP contribution in [0.4, 0.5) is 0 Å². The fourth-order valence-corrected chi connectivity index (χ4v) is 2.29. The summed E-state index contributed by atoms with van der Waals surface area (Å²) in [5, 5.41) is 2.84. The summed E-state index contributed by atoms with van der Waals surface area (Å²) in [4.78, 5) is 24.4. The number of carbonyl (C=O) groups is 1. The quantitative estimate of drug-likeness (QED) is 0.933. The van der Waals surface area contributed by atoms with Gasteiger partial charge in [0.15, 0.2) is 0 Å². The molecule has 0 atom stereocenters. The summed E-state index contributed by atoms with van der Waals surface area (Å²) in [5.74, 6) is 0.423. The Balaban J connectivity index is 1.64.